The van der Waals surface area contributed by atoms with E-state index in [-0.39, 0.29) is 30.2 Å². The van der Waals surface area contributed by atoms with Gasteiger partial charge in [-0.1, -0.05) is 0 Å². The lowest BCUT2D eigenvalue weighted by molar-refractivity contribution is 0.0964. The molecule has 0 radical (unpaired) electrons. The van der Waals surface area contributed by atoms with Crippen LogP contribution in [0.5, 0.6) is 11.5 Å². The van der Waals surface area contributed by atoms with Crippen LogP contribution >= 0.6 is 0 Å². The number of ether oxygens (including phenoxy) is 2. The maximum atomic E-state index is 13.2. The van der Waals surface area contributed by atoms with Crippen molar-refractivity contribution in [2.24, 2.45) is 0 Å². The summed E-state index contributed by atoms with van der Waals surface area (Å²) in [6.45, 7) is 1.01. The summed E-state index contributed by atoms with van der Waals surface area (Å²) in [7, 11) is -2.07. The zero-order valence-corrected chi connectivity index (χ0v) is 23.5. The largest absolute Gasteiger partial charge is 0.457 e. The molecule has 41 heavy (non-hydrogen) atoms. The molecular weight excluding hydrogens is 549 g/mol. The van der Waals surface area contributed by atoms with E-state index in [1.54, 1.807) is 37.4 Å². The second-order valence-electron chi connectivity index (χ2n) is 10.4. The molecule has 1 saturated carbocycles. The molecule has 2 aliphatic rings. The first-order chi connectivity index (χ1) is 19.7. The Kier molecular flexibility index (Phi) is 7.18. The number of hydrogen-bond acceptors (Lipinski definition) is 7. The van der Waals surface area contributed by atoms with Crippen LogP contribution in [0.2, 0.25) is 0 Å². The number of amides is 1. The molecular formula is C30H30FN3O6S. The normalized spacial score (nSPS) is 17.1. The summed E-state index contributed by atoms with van der Waals surface area (Å²) in [6, 6.07) is 16.3. The molecule has 9 nitrogen and oxygen atoms in total. The van der Waals surface area contributed by atoms with E-state index >= 15 is 0 Å². The van der Waals surface area contributed by atoms with Crippen molar-refractivity contribution < 1.29 is 31.5 Å². The topological polar surface area (TPSA) is 110 Å². The van der Waals surface area contributed by atoms with E-state index < -0.39 is 10.0 Å². The minimum Gasteiger partial charge on any atom is -0.457 e. The van der Waals surface area contributed by atoms with Crippen LogP contribution in [0, 0.1) is 5.82 Å². The average Bonchev–Trinajstić information content (AvgIpc) is 3.54. The number of carbonyl (C=O) groups is 1. The number of halogens is 1. The number of nitrogens with one attached hydrogen (secondary N) is 2. The molecule has 1 amide bonds. The number of furan rings is 1. The van der Waals surface area contributed by atoms with Gasteiger partial charge in [-0.25, -0.2) is 12.8 Å². The first kappa shape index (κ1) is 27.3. The number of rotatable bonds is 9. The van der Waals surface area contributed by atoms with Gasteiger partial charge in [-0.2, -0.15) is 0 Å². The number of carbonyl (C=O) groups excluding carboxylic acids is 1. The summed E-state index contributed by atoms with van der Waals surface area (Å²) < 4.78 is 58.2. The third-order valence-electron chi connectivity index (χ3n) is 7.32. The van der Waals surface area contributed by atoms with Gasteiger partial charge in [-0.05, 0) is 78.9 Å². The van der Waals surface area contributed by atoms with Crippen LogP contribution in [-0.2, 0) is 14.8 Å². The molecule has 1 aliphatic carbocycles. The van der Waals surface area contributed by atoms with Gasteiger partial charge in [-0.3, -0.25) is 14.4 Å². The van der Waals surface area contributed by atoms with Crippen molar-refractivity contribution >= 4 is 32.6 Å². The first-order valence-electron chi connectivity index (χ1n) is 13.4. The highest BCUT2D eigenvalue weighted by Gasteiger charge is 2.34. The second-order valence-corrected chi connectivity index (χ2v) is 12.3. The quantitative estimate of drug-likeness (QED) is 0.288. The van der Waals surface area contributed by atoms with Gasteiger partial charge in [0.1, 0.15) is 28.7 Å². The maximum Gasteiger partial charge on any atom is 0.255 e. The summed E-state index contributed by atoms with van der Waals surface area (Å²) in [5, 5.41) is 6.51. The zero-order chi connectivity index (χ0) is 28.7. The number of fused-ring (bicyclic) bond motifs is 1. The smallest absolute Gasteiger partial charge is 0.255 e. The van der Waals surface area contributed by atoms with E-state index in [4.69, 9.17) is 13.9 Å². The van der Waals surface area contributed by atoms with E-state index in [2.05, 4.69) is 10.6 Å². The summed E-state index contributed by atoms with van der Waals surface area (Å²) in [5.74, 6) is 0.922. The monoisotopic (exact) mass is 579 g/mol. The Balaban J connectivity index is 1.43. The third kappa shape index (κ3) is 5.65. The molecule has 4 aromatic rings. The minimum atomic E-state index is -3.63. The molecule has 2 N–H and O–H groups in total. The van der Waals surface area contributed by atoms with Crippen molar-refractivity contribution in [1.82, 2.24) is 10.6 Å². The van der Waals surface area contributed by atoms with Crippen LogP contribution in [0.15, 0.2) is 65.1 Å². The SMILES string of the molecule is CNC(=O)c1c(-c2ccc(Oc3ccc(F)cc3)cc2)oc2cc(N(CC3COCN3)S(C)(=O)=O)c(C3CC3)cc12. The molecule has 2 heterocycles. The van der Waals surface area contributed by atoms with Crippen molar-refractivity contribution in [3.05, 3.63) is 77.6 Å². The van der Waals surface area contributed by atoms with E-state index in [1.807, 2.05) is 6.07 Å². The molecule has 1 atom stereocenters. The fourth-order valence-corrected chi connectivity index (χ4v) is 6.09. The third-order valence-corrected chi connectivity index (χ3v) is 8.47. The maximum absolute atomic E-state index is 13.2. The summed E-state index contributed by atoms with van der Waals surface area (Å²) in [5.41, 5.74) is 2.87. The second kappa shape index (κ2) is 10.8. The van der Waals surface area contributed by atoms with Crippen LogP contribution in [0.3, 0.4) is 0 Å². The van der Waals surface area contributed by atoms with Crippen LogP contribution in [0.25, 0.3) is 22.3 Å². The fraction of sp³-hybridized carbons (Fsp3) is 0.300. The summed E-state index contributed by atoms with van der Waals surface area (Å²) >= 11 is 0. The molecule has 214 valence electrons. The van der Waals surface area contributed by atoms with Gasteiger partial charge in [-0.15, -0.1) is 0 Å². The van der Waals surface area contributed by atoms with Crippen molar-refractivity contribution in [1.29, 1.82) is 0 Å². The molecule has 1 saturated heterocycles. The molecule has 0 spiro atoms. The summed E-state index contributed by atoms with van der Waals surface area (Å²) in [4.78, 5) is 13.2. The summed E-state index contributed by atoms with van der Waals surface area (Å²) in [6.07, 6.45) is 3.08. The Bertz CT molecular complexity index is 1690. The van der Waals surface area contributed by atoms with E-state index in [9.17, 15) is 17.6 Å². The predicted molar refractivity (Wildman–Crippen MR) is 153 cm³/mol. The lowest BCUT2D eigenvalue weighted by Crippen LogP contribution is -2.42. The highest BCUT2D eigenvalue weighted by Crippen LogP contribution is 2.48. The number of sulfonamides is 1. The fourth-order valence-electron chi connectivity index (χ4n) is 5.12. The molecule has 6 rings (SSSR count). The minimum absolute atomic E-state index is 0.142. The van der Waals surface area contributed by atoms with Gasteiger partial charge in [0.15, 0.2) is 0 Å². The average molecular weight is 580 g/mol. The Labute approximate surface area is 237 Å². The number of nitrogens with zero attached hydrogens (tertiary/aromatic N) is 1. The molecule has 2 fully saturated rings. The molecule has 0 bridgehead atoms. The number of hydrogen-bond donors (Lipinski definition) is 2. The lowest BCUT2D eigenvalue weighted by atomic mass is 10.00. The van der Waals surface area contributed by atoms with Crippen molar-refractivity contribution in [2.45, 2.75) is 24.8 Å². The first-order valence-corrected chi connectivity index (χ1v) is 15.2. The van der Waals surface area contributed by atoms with Gasteiger partial charge in [0.25, 0.3) is 5.91 Å². The van der Waals surface area contributed by atoms with Crippen LogP contribution in [-0.4, -0.2) is 53.6 Å². The van der Waals surface area contributed by atoms with Crippen molar-refractivity contribution in [3.8, 4) is 22.8 Å². The number of benzene rings is 3. The van der Waals surface area contributed by atoms with Crippen molar-refractivity contribution in [2.75, 3.05) is 37.5 Å². The Morgan fingerprint density at radius 1 is 1.10 bits per heavy atom. The highest BCUT2D eigenvalue weighted by atomic mass is 32.2. The Morgan fingerprint density at radius 3 is 2.37 bits per heavy atom. The van der Waals surface area contributed by atoms with Gasteiger partial charge in [0, 0.05) is 24.1 Å². The lowest BCUT2D eigenvalue weighted by Gasteiger charge is -2.27. The van der Waals surface area contributed by atoms with Crippen molar-refractivity contribution in [3.63, 3.8) is 0 Å². The molecule has 11 heteroatoms. The van der Waals surface area contributed by atoms with Gasteiger partial charge >= 0.3 is 0 Å². The Morgan fingerprint density at radius 2 is 1.78 bits per heavy atom. The Hall–Kier alpha value is -3.93. The van der Waals surface area contributed by atoms with Gasteiger partial charge < -0.3 is 19.2 Å². The van der Waals surface area contributed by atoms with Crippen LogP contribution in [0.1, 0.15) is 34.7 Å². The zero-order valence-electron chi connectivity index (χ0n) is 22.6. The van der Waals surface area contributed by atoms with Gasteiger partial charge in [0.2, 0.25) is 10.0 Å². The highest BCUT2D eigenvalue weighted by molar-refractivity contribution is 7.92. The van der Waals surface area contributed by atoms with E-state index in [0.29, 0.717) is 58.4 Å². The van der Waals surface area contributed by atoms with E-state index in [0.717, 1.165) is 18.4 Å². The molecule has 1 aliphatic heterocycles. The molecule has 1 unspecified atom stereocenters. The molecule has 3 aromatic carbocycles. The molecule has 1 aromatic heterocycles. The predicted octanol–water partition coefficient (Wildman–Crippen LogP) is 4.98. The standard InChI is InChI=1S/C30H30FN3O6S/c1-32-30(35)28-25-13-24(18-3-4-18)26(34(41(2,36)37)15-21-16-38-17-33-21)14-27(25)40-29(28)19-5-9-22(10-6-19)39-23-11-7-20(31)8-12-23/h5-14,18,21,33H,3-4,15-17H2,1-2H3,(H,32,35). The van der Waals surface area contributed by atoms with Crippen LogP contribution in [0.4, 0.5) is 10.1 Å². The number of anilines is 1. The van der Waals surface area contributed by atoms with E-state index in [1.165, 1.54) is 34.8 Å². The van der Waals surface area contributed by atoms with Crippen LogP contribution < -0.4 is 19.7 Å². The van der Waals surface area contributed by atoms with Gasteiger partial charge in [0.05, 0.1) is 43.4 Å².